The molecule has 0 aliphatic rings. The average molecular weight is 429 g/mol. The maximum Gasteiger partial charge on any atom is 0.344 e. The van der Waals surface area contributed by atoms with E-state index in [9.17, 15) is 19.7 Å². The van der Waals surface area contributed by atoms with Crippen molar-refractivity contribution in [2.45, 2.75) is 23.9 Å². The fourth-order valence-electron chi connectivity index (χ4n) is 2.64. The minimum atomic E-state index is -0.602. The van der Waals surface area contributed by atoms with E-state index in [-0.39, 0.29) is 23.0 Å². The number of hydrogen-bond donors (Lipinski definition) is 2. The van der Waals surface area contributed by atoms with Crippen molar-refractivity contribution in [3.05, 3.63) is 74.7 Å². The van der Waals surface area contributed by atoms with Gasteiger partial charge >= 0.3 is 5.69 Å². The number of rotatable bonds is 8. The number of amides is 1. The zero-order chi connectivity index (χ0) is 21.7. The molecule has 3 aromatic rings. The van der Waals surface area contributed by atoms with Gasteiger partial charge in [0, 0.05) is 6.07 Å². The van der Waals surface area contributed by atoms with Crippen LogP contribution in [0.25, 0.3) is 0 Å². The second kappa shape index (κ2) is 9.27. The van der Waals surface area contributed by atoms with E-state index < -0.39 is 10.2 Å². The minimum Gasteiger partial charge on any atom is -0.494 e. The van der Waals surface area contributed by atoms with E-state index in [1.807, 2.05) is 30.3 Å². The number of carbonyl (C=O) groups excluding carboxylic acids is 1. The van der Waals surface area contributed by atoms with Crippen molar-refractivity contribution in [2.75, 3.05) is 12.4 Å². The number of carbonyl (C=O) groups is 1. The number of hydrogen-bond acceptors (Lipinski definition) is 7. The average Bonchev–Trinajstić information content (AvgIpc) is 3.08. The van der Waals surface area contributed by atoms with Crippen molar-refractivity contribution in [3.63, 3.8) is 0 Å². The molecule has 1 unspecified atom stereocenters. The predicted molar refractivity (Wildman–Crippen MR) is 112 cm³/mol. The van der Waals surface area contributed by atoms with Gasteiger partial charge in [0.25, 0.3) is 5.69 Å². The molecular weight excluding hydrogens is 410 g/mol. The Morgan fingerprint density at radius 3 is 2.73 bits per heavy atom. The molecule has 0 fully saturated rings. The predicted octanol–water partition coefficient (Wildman–Crippen LogP) is 2.66. The lowest BCUT2D eigenvalue weighted by Crippen LogP contribution is -2.24. The highest BCUT2D eigenvalue weighted by Crippen LogP contribution is 2.30. The number of benzene rings is 2. The molecule has 1 aromatic heterocycles. The van der Waals surface area contributed by atoms with Gasteiger partial charge in [0.2, 0.25) is 5.91 Å². The second-order valence-electron chi connectivity index (χ2n) is 6.27. The maximum atomic E-state index is 12.6. The van der Waals surface area contributed by atoms with Crippen molar-refractivity contribution in [1.82, 2.24) is 14.8 Å². The standard InChI is InChI=1S/C19H19N5O5S/c1-12(17(25)20-15-9-8-14(24(27)28)10-16(15)29-2)30-19-22-21-18(26)23(19)11-13-6-4-3-5-7-13/h3-10,12H,11H2,1-2H3,(H,20,25)(H,21,26). The number of non-ortho nitro benzene ring substituents is 1. The summed E-state index contributed by atoms with van der Waals surface area (Å²) in [6, 6.07) is 13.3. The second-order valence-corrected chi connectivity index (χ2v) is 7.58. The number of nitro benzene ring substituents is 1. The summed E-state index contributed by atoms with van der Waals surface area (Å²) in [6.45, 7) is 1.99. The first-order chi connectivity index (χ1) is 14.4. The van der Waals surface area contributed by atoms with Gasteiger partial charge in [-0.1, -0.05) is 42.1 Å². The van der Waals surface area contributed by atoms with Gasteiger partial charge < -0.3 is 10.1 Å². The summed E-state index contributed by atoms with van der Waals surface area (Å²) in [4.78, 5) is 35.1. The summed E-state index contributed by atoms with van der Waals surface area (Å²) in [5.74, 6) is -0.190. The Bertz CT molecular complexity index is 1110. The van der Waals surface area contributed by atoms with Crippen LogP contribution in [0.15, 0.2) is 58.5 Å². The molecule has 30 heavy (non-hydrogen) atoms. The largest absolute Gasteiger partial charge is 0.494 e. The molecule has 0 aliphatic heterocycles. The lowest BCUT2D eigenvalue weighted by Gasteiger charge is -2.14. The molecule has 1 atom stereocenters. The van der Waals surface area contributed by atoms with Crippen LogP contribution in [-0.4, -0.2) is 38.0 Å². The first kappa shape index (κ1) is 21.1. The maximum absolute atomic E-state index is 12.6. The van der Waals surface area contributed by atoms with Crippen LogP contribution in [0.5, 0.6) is 5.75 Å². The molecule has 0 radical (unpaired) electrons. The number of anilines is 1. The molecule has 0 bridgehead atoms. The van der Waals surface area contributed by atoms with E-state index in [2.05, 4.69) is 15.5 Å². The third-order valence-corrected chi connectivity index (χ3v) is 5.30. The van der Waals surface area contributed by atoms with E-state index in [1.165, 1.54) is 29.9 Å². The van der Waals surface area contributed by atoms with Crippen LogP contribution in [-0.2, 0) is 11.3 Å². The number of H-pyrrole nitrogens is 1. The molecule has 156 valence electrons. The van der Waals surface area contributed by atoms with Gasteiger partial charge in [-0.3, -0.25) is 19.5 Å². The quantitative estimate of drug-likeness (QED) is 0.319. The smallest absolute Gasteiger partial charge is 0.344 e. The number of nitrogens with zero attached hydrogens (tertiary/aromatic N) is 3. The van der Waals surface area contributed by atoms with Crippen LogP contribution in [0, 0.1) is 10.1 Å². The first-order valence-electron chi connectivity index (χ1n) is 8.88. The van der Waals surface area contributed by atoms with Gasteiger partial charge in [0.15, 0.2) is 5.16 Å². The zero-order valence-corrected chi connectivity index (χ0v) is 17.0. The van der Waals surface area contributed by atoms with Crippen molar-refractivity contribution >= 4 is 29.0 Å². The first-order valence-corrected chi connectivity index (χ1v) is 9.76. The van der Waals surface area contributed by atoms with Crippen LogP contribution < -0.4 is 15.7 Å². The Morgan fingerprint density at radius 2 is 2.07 bits per heavy atom. The monoisotopic (exact) mass is 429 g/mol. The van der Waals surface area contributed by atoms with Crippen molar-refractivity contribution < 1.29 is 14.5 Å². The van der Waals surface area contributed by atoms with Crippen molar-refractivity contribution in [1.29, 1.82) is 0 Å². The molecular formula is C19H19N5O5S. The Labute approximate surface area is 175 Å². The Hall–Kier alpha value is -3.60. The fraction of sp³-hybridized carbons (Fsp3) is 0.211. The number of methoxy groups -OCH3 is 1. The highest BCUT2D eigenvalue weighted by Gasteiger charge is 2.21. The Morgan fingerprint density at radius 1 is 1.33 bits per heavy atom. The molecule has 11 heteroatoms. The van der Waals surface area contributed by atoms with Crippen molar-refractivity contribution in [2.24, 2.45) is 0 Å². The number of aromatic nitrogens is 3. The Balaban J connectivity index is 1.73. The normalized spacial score (nSPS) is 11.7. The van der Waals surface area contributed by atoms with Crippen molar-refractivity contribution in [3.8, 4) is 5.75 Å². The Kier molecular flexibility index (Phi) is 6.52. The molecule has 2 aromatic carbocycles. The summed E-state index contributed by atoms with van der Waals surface area (Å²) in [7, 11) is 1.36. The molecule has 0 spiro atoms. The SMILES string of the molecule is COc1cc([N+](=O)[O-])ccc1NC(=O)C(C)Sc1n[nH]c(=O)n1Cc1ccccc1. The van der Waals surface area contributed by atoms with Crippen LogP contribution in [0.4, 0.5) is 11.4 Å². The van der Waals surface area contributed by atoms with E-state index in [1.54, 1.807) is 6.92 Å². The third-order valence-electron chi connectivity index (χ3n) is 4.21. The summed E-state index contributed by atoms with van der Waals surface area (Å²) in [5.41, 5.74) is 0.722. The minimum absolute atomic E-state index is 0.145. The van der Waals surface area contributed by atoms with Gasteiger partial charge in [-0.2, -0.15) is 0 Å². The number of ether oxygens (including phenoxy) is 1. The van der Waals surface area contributed by atoms with Crippen LogP contribution in [0.3, 0.4) is 0 Å². The summed E-state index contributed by atoms with van der Waals surface area (Å²) < 4.78 is 6.59. The summed E-state index contributed by atoms with van der Waals surface area (Å²) in [5, 5.41) is 19.8. The molecule has 2 N–H and O–H groups in total. The van der Waals surface area contributed by atoms with Gasteiger partial charge in [-0.25, -0.2) is 9.89 Å². The number of nitrogens with one attached hydrogen (secondary N) is 2. The van der Waals surface area contributed by atoms with E-state index >= 15 is 0 Å². The molecule has 1 amide bonds. The molecule has 10 nitrogen and oxygen atoms in total. The summed E-state index contributed by atoms with van der Waals surface area (Å²) >= 11 is 1.12. The topological polar surface area (TPSA) is 132 Å². The summed E-state index contributed by atoms with van der Waals surface area (Å²) in [6.07, 6.45) is 0. The van der Waals surface area contributed by atoms with Gasteiger partial charge in [0.1, 0.15) is 5.75 Å². The van der Waals surface area contributed by atoms with E-state index in [4.69, 9.17) is 4.74 Å². The van der Waals surface area contributed by atoms with Gasteiger partial charge in [-0.05, 0) is 18.6 Å². The van der Waals surface area contributed by atoms with Gasteiger partial charge in [-0.15, -0.1) is 5.10 Å². The highest BCUT2D eigenvalue weighted by atomic mass is 32.2. The van der Waals surface area contributed by atoms with E-state index in [0.29, 0.717) is 17.4 Å². The lowest BCUT2D eigenvalue weighted by atomic mass is 10.2. The van der Waals surface area contributed by atoms with Crippen LogP contribution in [0.1, 0.15) is 12.5 Å². The number of aromatic amines is 1. The highest BCUT2D eigenvalue weighted by molar-refractivity contribution is 8.00. The third kappa shape index (κ3) is 4.87. The molecule has 3 rings (SSSR count). The number of nitro groups is 1. The molecule has 0 saturated heterocycles. The molecule has 1 heterocycles. The lowest BCUT2D eigenvalue weighted by molar-refractivity contribution is -0.384. The molecule has 0 saturated carbocycles. The van der Waals surface area contributed by atoms with Crippen LogP contribution >= 0.6 is 11.8 Å². The van der Waals surface area contributed by atoms with Gasteiger partial charge in [0.05, 0.1) is 35.6 Å². The zero-order valence-electron chi connectivity index (χ0n) is 16.2. The molecule has 0 aliphatic carbocycles. The van der Waals surface area contributed by atoms with E-state index in [0.717, 1.165) is 17.3 Å². The fourth-order valence-corrected chi connectivity index (χ4v) is 3.50. The number of thioether (sulfide) groups is 1. The van der Waals surface area contributed by atoms with Crippen LogP contribution in [0.2, 0.25) is 0 Å².